The van der Waals surface area contributed by atoms with Crippen molar-refractivity contribution in [1.82, 2.24) is 9.80 Å². The SMILES string of the molecule is C#CCCN(C)CCN(C)C. The molecule has 0 aliphatic rings. The van der Waals surface area contributed by atoms with Crippen LogP contribution in [-0.4, -0.2) is 50.6 Å². The largest absolute Gasteiger partial charge is 0.308 e. The summed E-state index contributed by atoms with van der Waals surface area (Å²) in [4.78, 5) is 4.42. The summed E-state index contributed by atoms with van der Waals surface area (Å²) in [6.07, 6.45) is 6.00. The third kappa shape index (κ3) is 7.38. The predicted molar refractivity (Wildman–Crippen MR) is 49.5 cm³/mol. The van der Waals surface area contributed by atoms with Gasteiger partial charge >= 0.3 is 0 Å². The minimum Gasteiger partial charge on any atom is -0.308 e. The zero-order valence-electron chi connectivity index (χ0n) is 7.80. The smallest absolute Gasteiger partial charge is 0.0214 e. The normalized spacial score (nSPS) is 10.5. The van der Waals surface area contributed by atoms with E-state index in [-0.39, 0.29) is 0 Å². The van der Waals surface area contributed by atoms with Crippen LogP contribution in [0.4, 0.5) is 0 Å². The van der Waals surface area contributed by atoms with Gasteiger partial charge in [0.25, 0.3) is 0 Å². The first-order chi connectivity index (χ1) is 5.16. The van der Waals surface area contributed by atoms with Crippen molar-refractivity contribution in [2.45, 2.75) is 6.42 Å². The molecule has 0 heterocycles. The molecule has 0 radical (unpaired) electrons. The molecule has 0 unspecified atom stereocenters. The first-order valence-corrected chi connectivity index (χ1v) is 3.93. The van der Waals surface area contributed by atoms with Crippen LogP contribution in [0.5, 0.6) is 0 Å². The molecule has 0 rings (SSSR count). The fourth-order valence-electron chi connectivity index (χ4n) is 0.738. The van der Waals surface area contributed by atoms with Gasteiger partial charge in [0.05, 0.1) is 0 Å². The van der Waals surface area contributed by atoms with Gasteiger partial charge in [-0.3, -0.25) is 0 Å². The standard InChI is InChI=1S/C9H18N2/c1-5-6-7-11(4)9-8-10(2)3/h1H,6-9H2,2-4H3. The highest BCUT2D eigenvalue weighted by Crippen LogP contribution is 1.86. The molecule has 0 aromatic heterocycles. The molecular formula is C9H18N2. The van der Waals surface area contributed by atoms with Gasteiger partial charge in [-0.2, -0.15) is 0 Å². The minimum absolute atomic E-state index is 0.851. The summed E-state index contributed by atoms with van der Waals surface area (Å²) >= 11 is 0. The Morgan fingerprint density at radius 2 is 1.73 bits per heavy atom. The van der Waals surface area contributed by atoms with Gasteiger partial charge in [-0.05, 0) is 21.1 Å². The van der Waals surface area contributed by atoms with Crippen LogP contribution in [0, 0.1) is 12.3 Å². The lowest BCUT2D eigenvalue weighted by Crippen LogP contribution is -2.29. The van der Waals surface area contributed by atoms with Crippen molar-refractivity contribution in [2.24, 2.45) is 0 Å². The first kappa shape index (κ1) is 10.5. The Morgan fingerprint density at radius 1 is 1.09 bits per heavy atom. The summed E-state index contributed by atoms with van der Waals surface area (Å²) in [5.74, 6) is 2.63. The molecule has 0 aromatic carbocycles. The number of rotatable bonds is 5. The second-order valence-corrected chi connectivity index (χ2v) is 3.06. The maximum Gasteiger partial charge on any atom is 0.0214 e. The summed E-state index contributed by atoms with van der Waals surface area (Å²) in [5.41, 5.74) is 0. The average molecular weight is 154 g/mol. The molecule has 2 nitrogen and oxygen atoms in total. The number of terminal acetylenes is 1. The van der Waals surface area contributed by atoms with Gasteiger partial charge in [0.2, 0.25) is 0 Å². The summed E-state index contributed by atoms with van der Waals surface area (Å²) in [5, 5.41) is 0. The van der Waals surface area contributed by atoms with Crippen LogP contribution in [0.15, 0.2) is 0 Å². The molecule has 0 aliphatic carbocycles. The number of hydrogen-bond acceptors (Lipinski definition) is 2. The lowest BCUT2D eigenvalue weighted by molar-refractivity contribution is 0.287. The highest BCUT2D eigenvalue weighted by molar-refractivity contribution is 4.84. The van der Waals surface area contributed by atoms with Gasteiger partial charge in [-0.1, -0.05) is 0 Å². The van der Waals surface area contributed by atoms with E-state index >= 15 is 0 Å². The Balaban J connectivity index is 3.23. The third-order valence-corrected chi connectivity index (χ3v) is 1.57. The van der Waals surface area contributed by atoms with Crippen LogP contribution in [0.3, 0.4) is 0 Å². The Morgan fingerprint density at radius 3 is 2.18 bits per heavy atom. The van der Waals surface area contributed by atoms with E-state index in [9.17, 15) is 0 Å². The third-order valence-electron chi connectivity index (χ3n) is 1.57. The number of hydrogen-bond donors (Lipinski definition) is 0. The molecule has 0 spiro atoms. The molecule has 0 amide bonds. The zero-order valence-corrected chi connectivity index (χ0v) is 7.80. The highest BCUT2D eigenvalue weighted by Gasteiger charge is 1.96. The molecule has 0 atom stereocenters. The van der Waals surface area contributed by atoms with Crippen molar-refractivity contribution in [1.29, 1.82) is 0 Å². The molecule has 0 saturated carbocycles. The zero-order chi connectivity index (χ0) is 8.69. The van der Waals surface area contributed by atoms with Crippen molar-refractivity contribution >= 4 is 0 Å². The van der Waals surface area contributed by atoms with Crippen LogP contribution in [0.2, 0.25) is 0 Å². The molecule has 0 saturated heterocycles. The molecule has 0 aromatic rings. The molecule has 64 valence electrons. The number of likely N-dealkylation sites (N-methyl/N-ethyl adjacent to an activating group) is 2. The van der Waals surface area contributed by atoms with Crippen LogP contribution in [-0.2, 0) is 0 Å². The van der Waals surface area contributed by atoms with E-state index in [4.69, 9.17) is 6.42 Å². The number of nitrogens with zero attached hydrogens (tertiary/aromatic N) is 2. The van der Waals surface area contributed by atoms with E-state index in [1.165, 1.54) is 0 Å². The quantitative estimate of drug-likeness (QED) is 0.532. The summed E-state index contributed by atoms with van der Waals surface area (Å²) in [6.45, 7) is 3.19. The van der Waals surface area contributed by atoms with Gasteiger partial charge in [0.1, 0.15) is 0 Å². The van der Waals surface area contributed by atoms with Crippen molar-refractivity contribution in [2.75, 3.05) is 40.8 Å². The minimum atomic E-state index is 0.851. The molecular weight excluding hydrogens is 136 g/mol. The van der Waals surface area contributed by atoms with E-state index in [1.54, 1.807) is 0 Å². The Hall–Kier alpha value is -0.520. The van der Waals surface area contributed by atoms with E-state index in [2.05, 4.69) is 36.9 Å². The predicted octanol–water partition coefficient (Wildman–Crippen LogP) is 0.503. The Labute approximate surface area is 70.2 Å². The average Bonchev–Trinajstić information content (AvgIpc) is 1.97. The van der Waals surface area contributed by atoms with Crippen LogP contribution in [0.25, 0.3) is 0 Å². The van der Waals surface area contributed by atoms with Crippen molar-refractivity contribution in [3.05, 3.63) is 0 Å². The molecule has 0 N–H and O–H groups in total. The fourth-order valence-corrected chi connectivity index (χ4v) is 0.738. The first-order valence-electron chi connectivity index (χ1n) is 3.93. The van der Waals surface area contributed by atoms with Crippen molar-refractivity contribution in [3.63, 3.8) is 0 Å². The van der Waals surface area contributed by atoms with E-state index in [0.717, 1.165) is 26.1 Å². The Bertz CT molecular complexity index is 124. The molecule has 0 bridgehead atoms. The lowest BCUT2D eigenvalue weighted by atomic mass is 10.4. The van der Waals surface area contributed by atoms with E-state index in [1.807, 2.05) is 0 Å². The molecule has 0 aliphatic heterocycles. The second-order valence-electron chi connectivity index (χ2n) is 3.06. The molecule has 0 fully saturated rings. The van der Waals surface area contributed by atoms with Gasteiger partial charge in [-0.25, -0.2) is 0 Å². The fraction of sp³-hybridized carbons (Fsp3) is 0.778. The van der Waals surface area contributed by atoms with E-state index < -0.39 is 0 Å². The van der Waals surface area contributed by atoms with Crippen molar-refractivity contribution < 1.29 is 0 Å². The van der Waals surface area contributed by atoms with Gasteiger partial charge in [-0.15, -0.1) is 12.3 Å². The van der Waals surface area contributed by atoms with E-state index in [0.29, 0.717) is 0 Å². The van der Waals surface area contributed by atoms with Gasteiger partial charge in [0.15, 0.2) is 0 Å². The Kier molecular flexibility index (Phi) is 5.91. The summed E-state index contributed by atoms with van der Waals surface area (Å²) in [6, 6.07) is 0. The van der Waals surface area contributed by atoms with Crippen LogP contribution in [0.1, 0.15) is 6.42 Å². The molecule has 2 heteroatoms. The summed E-state index contributed by atoms with van der Waals surface area (Å²) < 4.78 is 0. The topological polar surface area (TPSA) is 6.48 Å². The van der Waals surface area contributed by atoms with Crippen LogP contribution < -0.4 is 0 Å². The lowest BCUT2D eigenvalue weighted by Gasteiger charge is -2.17. The monoisotopic (exact) mass is 154 g/mol. The summed E-state index contributed by atoms with van der Waals surface area (Å²) in [7, 11) is 6.25. The van der Waals surface area contributed by atoms with Gasteiger partial charge in [0, 0.05) is 26.1 Å². The van der Waals surface area contributed by atoms with Crippen LogP contribution >= 0.6 is 0 Å². The van der Waals surface area contributed by atoms with Gasteiger partial charge < -0.3 is 9.80 Å². The van der Waals surface area contributed by atoms with Crippen molar-refractivity contribution in [3.8, 4) is 12.3 Å². The molecule has 11 heavy (non-hydrogen) atoms. The highest BCUT2D eigenvalue weighted by atomic mass is 15.1. The maximum atomic E-state index is 5.15. The maximum absolute atomic E-state index is 5.15. The second kappa shape index (κ2) is 6.21.